The Balaban J connectivity index is 1.31. The first-order valence-electron chi connectivity index (χ1n) is 13.0. The number of hydrogen-bond acceptors (Lipinski definition) is 6. The van der Waals surface area contributed by atoms with Gasteiger partial charge in [-0.05, 0) is 72.6 Å². The van der Waals surface area contributed by atoms with Crippen LogP contribution in [0.5, 0.6) is 5.75 Å². The highest BCUT2D eigenvalue weighted by molar-refractivity contribution is 7.18. The number of ether oxygens (including phenoxy) is 1. The van der Waals surface area contributed by atoms with E-state index < -0.39 is 12.1 Å². The molecule has 2 aliphatic heterocycles. The van der Waals surface area contributed by atoms with Crippen molar-refractivity contribution in [3.05, 3.63) is 65.1 Å². The molecule has 0 radical (unpaired) electrons. The van der Waals surface area contributed by atoms with Crippen molar-refractivity contribution >= 4 is 22.4 Å². The number of thiazole rings is 1. The number of carboxylic acid groups (broad SMARTS) is 1. The average molecular weight is 524 g/mol. The first-order chi connectivity index (χ1) is 17.8. The van der Waals surface area contributed by atoms with E-state index in [0.717, 1.165) is 71.5 Å². The van der Waals surface area contributed by atoms with E-state index in [1.54, 1.807) is 23.5 Å². The Morgan fingerprint density at radius 1 is 1.27 bits per heavy atom. The van der Waals surface area contributed by atoms with Crippen LogP contribution in [0.15, 0.2) is 42.6 Å². The average Bonchev–Trinajstić information content (AvgIpc) is 3.33. The van der Waals surface area contributed by atoms with Gasteiger partial charge in [0.05, 0.1) is 4.88 Å². The quantitative estimate of drug-likeness (QED) is 0.424. The Morgan fingerprint density at radius 2 is 2.11 bits per heavy atom. The molecule has 37 heavy (non-hydrogen) atoms. The van der Waals surface area contributed by atoms with Crippen LogP contribution in [0.1, 0.15) is 43.4 Å². The minimum Gasteiger partial charge on any atom is -0.479 e. The zero-order valence-corrected chi connectivity index (χ0v) is 22.4. The number of halogens is 1. The Kier molecular flexibility index (Phi) is 7.49. The molecule has 0 aliphatic carbocycles. The van der Waals surface area contributed by atoms with Crippen LogP contribution >= 0.6 is 11.3 Å². The first kappa shape index (κ1) is 25.7. The molecule has 196 valence electrons. The van der Waals surface area contributed by atoms with Gasteiger partial charge in [0.2, 0.25) is 0 Å². The third-order valence-corrected chi connectivity index (χ3v) is 8.34. The van der Waals surface area contributed by atoms with Gasteiger partial charge in [0.15, 0.2) is 11.2 Å². The molecule has 1 aromatic heterocycles. The number of piperazine rings is 1. The highest BCUT2D eigenvalue weighted by atomic mass is 32.1. The maximum absolute atomic E-state index is 13.7. The number of nitrogens with zero attached hydrogens (tertiary/aromatic N) is 3. The second-order valence-electron chi connectivity index (χ2n) is 10.6. The van der Waals surface area contributed by atoms with Crippen LogP contribution in [-0.2, 0) is 17.8 Å². The van der Waals surface area contributed by atoms with Crippen molar-refractivity contribution in [2.75, 3.05) is 24.5 Å². The lowest BCUT2D eigenvalue weighted by Gasteiger charge is -2.42. The van der Waals surface area contributed by atoms with E-state index in [9.17, 15) is 14.3 Å². The Hall–Kier alpha value is -2.97. The summed E-state index contributed by atoms with van der Waals surface area (Å²) in [5.74, 6) is 0.130. The lowest BCUT2D eigenvalue weighted by Crippen LogP contribution is -2.53. The van der Waals surface area contributed by atoms with E-state index >= 15 is 0 Å². The van der Waals surface area contributed by atoms with Crippen molar-refractivity contribution in [3.63, 3.8) is 0 Å². The van der Waals surface area contributed by atoms with Crippen LogP contribution in [0.2, 0.25) is 0 Å². The fraction of sp³-hybridized carbons (Fsp3) is 0.448. The molecule has 3 heterocycles. The van der Waals surface area contributed by atoms with Gasteiger partial charge in [-0.15, -0.1) is 0 Å². The monoisotopic (exact) mass is 523 g/mol. The van der Waals surface area contributed by atoms with Gasteiger partial charge in [0, 0.05) is 38.4 Å². The number of carboxylic acids is 1. The normalized spacial score (nSPS) is 20.1. The fourth-order valence-corrected chi connectivity index (χ4v) is 6.54. The highest BCUT2D eigenvalue weighted by Crippen LogP contribution is 2.35. The number of benzene rings is 2. The SMILES string of the molecule is Cc1cc(CN2CCN(c3ncc(-c4cccc(F)c4)s3)[C@H](CC(C)C)C2)cc2c1CCC(C(=O)O)O2. The van der Waals surface area contributed by atoms with E-state index in [-0.39, 0.29) is 5.82 Å². The van der Waals surface area contributed by atoms with Crippen LogP contribution in [0.4, 0.5) is 9.52 Å². The van der Waals surface area contributed by atoms with Gasteiger partial charge < -0.3 is 14.7 Å². The van der Waals surface area contributed by atoms with Crippen LogP contribution in [0, 0.1) is 18.7 Å². The number of hydrogen-bond donors (Lipinski definition) is 1. The molecule has 1 N–H and O–H groups in total. The van der Waals surface area contributed by atoms with Gasteiger partial charge in [-0.2, -0.15) is 0 Å². The molecule has 0 spiro atoms. The van der Waals surface area contributed by atoms with Gasteiger partial charge in [0.25, 0.3) is 0 Å². The number of anilines is 1. The topological polar surface area (TPSA) is 65.9 Å². The second kappa shape index (κ2) is 10.8. The van der Waals surface area contributed by atoms with E-state index in [1.165, 1.54) is 11.6 Å². The third-order valence-electron chi connectivity index (χ3n) is 7.26. The number of carbonyl (C=O) groups is 1. The number of aromatic nitrogens is 1. The molecule has 2 aromatic carbocycles. The smallest absolute Gasteiger partial charge is 0.344 e. The van der Waals surface area contributed by atoms with Crippen LogP contribution in [0.25, 0.3) is 10.4 Å². The van der Waals surface area contributed by atoms with Crippen molar-refractivity contribution in [2.24, 2.45) is 5.92 Å². The summed E-state index contributed by atoms with van der Waals surface area (Å²) in [6.07, 6.45) is 3.39. The largest absolute Gasteiger partial charge is 0.479 e. The van der Waals surface area contributed by atoms with Crippen LogP contribution < -0.4 is 9.64 Å². The molecule has 5 rings (SSSR count). The predicted molar refractivity (Wildman–Crippen MR) is 145 cm³/mol. The first-order valence-corrected chi connectivity index (χ1v) is 13.8. The molecule has 8 heteroatoms. The summed E-state index contributed by atoms with van der Waals surface area (Å²) < 4.78 is 19.6. The molecule has 0 bridgehead atoms. The van der Waals surface area contributed by atoms with E-state index in [2.05, 4.69) is 36.6 Å². The van der Waals surface area contributed by atoms with Crippen molar-refractivity contribution in [2.45, 2.75) is 58.7 Å². The molecular formula is C29H34FN3O3S. The molecular weight excluding hydrogens is 489 g/mol. The molecule has 2 atom stereocenters. The molecule has 2 aliphatic rings. The number of aryl methyl sites for hydroxylation is 1. The van der Waals surface area contributed by atoms with Gasteiger partial charge in [-0.1, -0.05) is 43.4 Å². The van der Waals surface area contributed by atoms with Gasteiger partial charge in [-0.25, -0.2) is 14.2 Å². The van der Waals surface area contributed by atoms with E-state index in [0.29, 0.717) is 18.4 Å². The van der Waals surface area contributed by atoms with Crippen molar-refractivity contribution in [1.82, 2.24) is 9.88 Å². The summed E-state index contributed by atoms with van der Waals surface area (Å²) in [7, 11) is 0. The van der Waals surface area contributed by atoms with Crippen molar-refractivity contribution in [3.8, 4) is 16.2 Å². The maximum Gasteiger partial charge on any atom is 0.344 e. The summed E-state index contributed by atoms with van der Waals surface area (Å²) in [4.78, 5) is 22.1. The standard InChI is InChI=1S/C29H34FN3O3S/c1-18(2)11-23-17-32(16-20-12-19(3)24-7-8-25(28(34)35)36-26(24)13-20)9-10-33(23)29-31-15-27(37-29)21-5-4-6-22(30)14-21/h4-6,12-15,18,23,25H,7-11,16-17H2,1-3H3,(H,34,35)/t23-,25?/m1/s1. The Labute approximate surface area is 221 Å². The fourth-order valence-electron chi connectivity index (χ4n) is 5.53. The minimum absolute atomic E-state index is 0.236. The van der Waals surface area contributed by atoms with E-state index in [1.807, 2.05) is 18.3 Å². The second-order valence-corrected chi connectivity index (χ2v) is 11.6. The minimum atomic E-state index is -0.899. The summed E-state index contributed by atoms with van der Waals surface area (Å²) in [5, 5.41) is 10.4. The van der Waals surface area contributed by atoms with Crippen LogP contribution in [0.3, 0.4) is 0 Å². The highest BCUT2D eigenvalue weighted by Gasteiger charge is 2.31. The van der Waals surface area contributed by atoms with Crippen molar-refractivity contribution in [1.29, 1.82) is 0 Å². The molecule has 1 fully saturated rings. The lowest BCUT2D eigenvalue weighted by molar-refractivity contribution is -0.145. The number of fused-ring (bicyclic) bond motifs is 1. The molecule has 0 saturated carbocycles. The summed E-state index contributed by atoms with van der Waals surface area (Å²) in [6.45, 7) is 10.1. The maximum atomic E-state index is 13.7. The molecule has 1 saturated heterocycles. The zero-order valence-electron chi connectivity index (χ0n) is 21.6. The number of aliphatic carboxylic acids is 1. The molecule has 1 unspecified atom stereocenters. The van der Waals surface area contributed by atoms with Gasteiger partial charge >= 0.3 is 5.97 Å². The third kappa shape index (κ3) is 5.80. The Morgan fingerprint density at radius 3 is 2.86 bits per heavy atom. The Bertz CT molecular complexity index is 1280. The predicted octanol–water partition coefficient (Wildman–Crippen LogP) is 5.77. The zero-order chi connectivity index (χ0) is 26.1. The summed E-state index contributed by atoms with van der Waals surface area (Å²) in [5.41, 5.74) is 4.31. The van der Waals surface area contributed by atoms with Gasteiger partial charge in [-0.3, -0.25) is 4.90 Å². The summed E-state index contributed by atoms with van der Waals surface area (Å²) in [6, 6.07) is 11.3. The molecule has 6 nitrogen and oxygen atoms in total. The van der Waals surface area contributed by atoms with Gasteiger partial charge in [0.1, 0.15) is 11.6 Å². The molecule has 0 amide bonds. The summed E-state index contributed by atoms with van der Waals surface area (Å²) >= 11 is 1.62. The lowest BCUT2D eigenvalue weighted by atomic mass is 9.95. The molecule has 3 aromatic rings. The van der Waals surface area contributed by atoms with Crippen molar-refractivity contribution < 1.29 is 19.0 Å². The van der Waals surface area contributed by atoms with Crippen LogP contribution in [-0.4, -0.2) is 52.7 Å². The van der Waals surface area contributed by atoms with E-state index in [4.69, 9.17) is 9.72 Å². The number of rotatable bonds is 7.